The number of benzene rings is 2. The van der Waals surface area contributed by atoms with Crippen molar-refractivity contribution in [1.29, 1.82) is 0 Å². The number of halogens is 1. The lowest BCUT2D eigenvalue weighted by Gasteiger charge is -2.36. The molecule has 1 heterocycles. The summed E-state index contributed by atoms with van der Waals surface area (Å²) >= 11 is 0. The van der Waals surface area contributed by atoms with E-state index in [2.05, 4.69) is 20.4 Å². The maximum Gasteiger partial charge on any atom is 0.319 e. The highest BCUT2D eigenvalue weighted by Crippen LogP contribution is 2.17. The number of amides is 2. The van der Waals surface area contributed by atoms with Crippen LogP contribution in [0.25, 0.3) is 0 Å². The second-order valence-electron chi connectivity index (χ2n) is 6.91. The standard InChI is InChI=1S/C21H27FN4O/c1-17-4-2-5-19(16-17)24-21(27)23-10-3-11-25-12-14-26(15-13-25)20-8-6-18(22)7-9-20/h2,4-9,16H,3,10-15H2,1H3,(H2,23,24,27). The van der Waals surface area contributed by atoms with Crippen molar-refractivity contribution in [2.75, 3.05) is 49.5 Å². The van der Waals surface area contributed by atoms with Crippen molar-refractivity contribution >= 4 is 17.4 Å². The fourth-order valence-corrected chi connectivity index (χ4v) is 3.28. The van der Waals surface area contributed by atoms with Crippen molar-refractivity contribution in [3.05, 3.63) is 59.9 Å². The van der Waals surface area contributed by atoms with Crippen LogP contribution in [0.4, 0.5) is 20.6 Å². The van der Waals surface area contributed by atoms with E-state index in [9.17, 15) is 9.18 Å². The Hall–Kier alpha value is -2.60. The van der Waals surface area contributed by atoms with Crippen LogP contribution in [0.2, 0.25) is 0 Å². The van der Waals surface area contributed by atoms with Crippen molar-refractivity contribution in [3.8, 4) is 0 Å². The first-order valence-corrected chi connectivity index (χ1v) is 9.44. The number of aryl methyl sites for hydroxylation is 1. The SMILES string of the molecule is Cc1cccc(NC(=O)NCCCN2CCN(c3ccc(F)cc3)CC2)c1. The molecule has 0 radical (unpaired) electrons. The Morgan fingerprint density at radius 3 is 2.52 bits per heavy atom. The summed E-state index contributed by atoms with van der Waals surface area (Å²) < 4.78 is 13.0. The summed E-state index contributed by atoms with van der Waals surface area (Å²) in [6.07, 6.45) is 0.914. The first kappa shape index (κ1) is 19.2. The summed E-state index contributed by atoms with van der Waals surface area (Å²) in [7, 11) is 0. The van der Waals surface area contributed by atoms with Gasteiger partial charge in [0.25, 0.3) is 0 Å². The van der Waals surface area contributed by atoms with Crippen molar-refractivity contribution in [1.82, 2.24) is 10.2 Å². The van der Waals surface area contributed by atoms with E-state index in [1.165, 1.54) is 12.1 Å². The van der Waals surface area contributed by atoms with Crippen LogP contribution < -0.4 is 15.5 Å². The molecule has 6 heteroatoms. The Bertz CT molecular complexity index is 742. The molecule has 0 bridgehead atoms. The number of nitrogens with zero attached hydrogens (tertiary/aromatic N) is 2. The average Bonchev–Trinajstić information content (AvgIpc) is 2.66. The van der Waals surface area contributed by atoms with Crippen LogP contribution in [0.5, 0.6) is 0 Å². The number of carbonyl (C=O) groups is 1. The minimum atomic E-state index is -0.198. The van der Waals surface area contributed by atoms with Gasteiger partial charge in [0.2, 0.25) is 0 Å². The van der Waals surface area contributed by atoms with Gasteiger partial charge in [-0.15, -0.1) is 0 Å². The molecule has 1 aliphatic heterocycles. The number of nitrogens with one attached hydrogen (secondary N) is 2. The molecule has 2 aromatic rings. The Morgan fingerprint density at radius 2 is 1.81 bits per heavy atom. The first-order chi connectivity index (χ1) is 13.1. The third-order valence-corrected chi connectivity index (χ3v) is 4.78. The molecule has 1 saturated heterocycles. The van der Waals surface area contributed by atoms with Crippen LogP contribution in [0.3, 0.4) is 0 Å². The van der Waals surface area contributed by atoms with Crippen molar-refractivity contribution < 1.29 is 9.18 Å². The van der Waals surface area contributed by atoms with E-state index in [-0.39, 0.29) is 11.8 Å². The van der Waals surface area contributed by atoms with Gasteiger partial charge in [-0.3, -0.25) is 4.90 Å². The molecule has 0 aliphatic carbocycles. The van der Waals surface area contributed by atoms with E-state index in [1.54, 1.807) is 0 Å². The maximum atomic E-state index is 13.0. The predicted molar refractivity (Wildman–Crippen MR) is 108 cm³/mol. The van der Waals surface area contributed by atoms with E-state index in [4.69, 9.17) is 0 Å². The molecule has 5 nitrogen and oxygen atoms in total. The monoisotopic (exact) mass is 370 g/mol. The lowest BCUT2D eigenvalue weighted by molar-refractivity contribution is 0.244. The molecule has 0 aromatic heterocycles. The molecular formula is C21H27FN4O. The Kier molecular flexibility index (Phi) is 6.65. The van der Waals surface area contributed by atoms with Crippen LogP contribution in [-0.2, 0) is 0 Å². The first-order valence-electron chi connectivity index (χ1n) is 9.44. The van der Waals surface area contributed by atoms with Gasteiger partial charge in [-0.25, -0.2) is 9.18 Å². The second kappa shape index (κ2) is 9.37. The summed E-state index contributed by atoms with van der Waals surface area (Å²) in [5.74, 6) is -0.198. The van der Waals surface area contributed by atoms with Gasteiger partial charge in [-0.05, 0) is 61.9 Å². The summed E-state index contributed by atoms with van der Waals surface area (Å²) in [5.41, 5.74) is 3.00. The molecule has 144 valence electrons. The molecule has 2 aromatic carbocycles. The van der Waals surface area contributed by atoms with Gasteiger partial charge < -0.3 is 15.5 Å². The fraction of sp³-hybridized carbons (Fsp3) is 0.381. The topological polar surface area (TPSA) is 47.6 Å². The third-order valence-electron chi connectivity index (χ3n) is 4.78. The van der Waals surface area contributed by atoms with Gasteiger partial charge in [-0.2, -0.15) is 0 Å². The number of carbonyl (C=O) groups excluding carboxylic acids is 1. The molecule has 2 amide bonds. The number of hydrogen-bond acceptors (Lipinski definition) is 3. The fourth-order valence-electron chi connectivity index (χ4n) is 3.28. The summed E-state index contributed by atoms with van der Waals surface area (Å²) in [6.45, 7) is 7.44. The highest BCUT2D eigenvalue weighted by Gasteiger charge is 2.16. The molecule has 3 rings (SSSR count). The van der Waals surface area contributed by atoms with Gasteiger partial charge in [0.15, 0.2) is 0 Å². The zero-order chi connectivity index (χ0) is 19.1. The maximum absolute atomic E-state index is 13.0. The zero-order valence-electron chi connectivity index (χ0n) is 15.7. The number of urea groups is 1. The van der Waals surface area contributed by atoms with E-state index in [0.29, 0.717) is 6.54 Å². The van der Waals surface area contributed by atoms with Crippen molar-refractivity contribution in [2.45, 2.75) is 13.3 Å². The molecule has 2 N–H and O–H groups in total. The minimum absolute atomic E-state index is 0.165. The van der Waals surface area contributed by atoms with Crippen LogP contribution in [0, 0.1) is 12.7 Å². The Labute approximate surface area is 160 Å². The highest BCUT2D eigenvalue weighted by atomic mass is 19.1. The van der Waals surface area contributed by atoms with Gasteiger partial charge >= 0.3 is 6.03 Å². The van der Waals surface area contributed by atoms with E-state index in [0.717, 1.165) is 56.1 Å². The van der Waals surface area contributed by atoms with E-state index in [1.807, 2.05) is 43.3 Å². The quantitative estimate of drug-likeness (QED) is 0.766. The summed E-state index contributed by atoms with van der Waals surface area (Å²) in [4.78, 5) is 16.6. The van der Waals surface area contributed by atoms with E-state index >= 15 is 0 Å². The van der Waals surface area contributed by atoms with Gasteiger partial charge in [-0.1, -0.05) is 12.1 Å². The molecule has 27 heavy (non-hydrogen) atoms. The van der Waals surface area contributed by atoms with Gasteiger partial charge in [0.05, 0.1) is 0 Å². The van der Waals surface area contributed by atoms with Crippen molar-refractivity contribution in [3.63, 3.8) is 0 Å². The van der Waals surface area contributed by atoms with Gasteiger partial charge in [0.1, 0.15) is 5.82 Å². The third kappa shape index (κ3) is 5.96. The van der Waals surface area contributed by atoms with Crippen LogP contribution >= 0.6 is 0 Å². The molecule has 1 aliphatic rings. The second-order valence-corrected chi connectivity index (χ2v) is 6.91. The van der Waals surface area contributed by atoms with Crippen LogP contribution in [0.1, 0.15) is 12.0 Å². The Morgan fingerprint density at radius 1 is 1.07 bits per heavy atom. The number of hydrogen-bond donors (Lipinski definition) is 2. The smallest absolute Gasteiger partial charge is 0.319 e. The number of anilines is 2. The lowest BCUT2D eigenvalue weighted by atomic mass is 10.2. The number of piperazine rings is 1. The molecular weight excluding hydrogens is 343 g/mol. The Balaban J connectivity index is 1.31. The summed E-state index contributed by atoms with van der Waals surface area (Å²) in [6, 6.07) is 14.3. The molecule has 0 saturated carbocycles. The molecule has 0 spiro atoms. The highest BCUT2D eigenvalue weighted by molar-refractivity contribution is 5.89. The van der Waals surface area contributed by atoms with Crippen LogP contribution in [0.15, 0.2) is 48.5 Å². The van der Waals surface area contributed by atoms with Crippen LogP contribution in [-0.4, -0.2) is 50.2 Å². The van der Waals surface area contributed by atoms with E-state index < -0.39 is 0 Å². The minimum Gasteiger partial charge on any atom is -0.369 e. The average molecular weight is 370 g/mol. The number of rotatable bonds is 6. The largest absolute Gasteiger partial charge is 0.369 e. The van der Waals surface area contributed by atoms with Crippen molar-refractivity contribution in [2.24, 2.45) is 0 Å². The zero-order valence-corrected chi connectivity index (χ0v) is 15.7. The summed E-state index contributed by atoms with van der Waals surface area (Å²) in [5, 5.41) is 5.76. The molecule has 0 atom stereocenters. The lowest BCUT2D eigenvalue weighted by Crippen LogP contribution is -2.47. The predicted octanol–water partition coefficient (Wildman–Crippen LogP) is 3.47. The normalized spacial score (nSPS) is 14.8. The molecule has 1 fully saturated rings. The molecule has 0 unspecified atom stereocenters. The van der Waals surface area contributed by atoms with Gasteiger partial charge in [0, 0.05) is 44.1 Å².